The third kappa shape index (κ3) is 4.88. The summed E-state index contributed by atoms with van der Waals surface area (Å²) in [7, 11) is 1.30. The van der Waals surface area contributed by atoms with E-state index in [4.69, 9.17) is 9.47 Å². The number of anilines is 1. The summed E-state index contributed by atoms with van der Waals surface area (Å²) in [4.78, 5) is 26.1. The van der Waals surface area contributed by atoms with E-state index >= 15 is 0 Å². The van der Waals surface area contributed by atoms with Crippen LogP contribution in [-0.4, -0.2) is 36.5 Å². The average molecular weight is 449 g/mol. The molecule has 0 aromatic heterocycles. The highest BCUT2D eigenvalue weighted by molar-refractivity contribution is 5.92. The van der Waals surface area contributed by atoms with Crippen LogP contribution in [0.5, 0.6) is 0 Å². The molecule has 0 bridgehead atoms. The van der Waals surface area contributed by atoms with Gasteiger partial charge in [0.2, 0.25) is 0 Å². The van der Waals surface area contributed by atoms with Crippen LogP contribution in [0.3, 0.4) is 0 Å². The van der Waals surface area contributed by atoms with Crippen LogP contribution in [0.4, 0.5) is 14.9 Å². The van der Waals surface area contributed by atoms with Crippen molar-refractivity contribution in [3.63, 3.8) is 0 Å². The number of benzene rings is 3. The van der Waals surface area contributed by atoms with E-state index in [-0.39, 0.29) is 0 Å². The molecule has 1 saturated heterocycles. The van der Waals surface area contributed by atoms with Gasteiger partial charge in [-0.2, -0.15) is 0 Å². The predicted molar refractivity (Wildman–Crippen MR) is 120 cm³/mol. The van der Waals surface area contributed by atoms with Gasteiger partial charge in [-0.05, 0) is 60.4 Å². The Balaban J connectivity index is 1.65. The molecule has 1 aliphatic heterocycles. The van der Waals surface area contributed by atoms with E-state index in [0.717, 1.165) is 5.56 Å². The SMILES string of the molecule is COC(=O)c1ccc([C@@H]2[C@@H]([C@@H](O)CCc3ccccc3)OC(=O)N2c2ccc(F)cc2)cc1. The van der Waals surface area contributed by atoms with Gasteiger partial charge in [0, 0.05) is 5.69 Å². The lowest BCUT2D eigenvalue weighted by molar-refractivity contribution is 0.0146. The maximum absolute atomic E-state index is 13.5. The van der Waals surface area contributed by atoms with Gasteiger partial charge in [0.25, 0.3) is 0 Å². The second kappa shape index (κ2) is 9.83. The molecule has 1 aliphatic rings. The molecule has 1 N–H and O–H groups in total. The van der Waals surface area contributed by atoms with Crippen molar-refractivity contribution in [2.75, 3.05) is 12.0 Å². The number of halogens is 1. The van der Waals surface area contributed by atoms with Crippen LogP contribution in [0.2, 0.25) is 0 Å². The summed E-state index contributed by atoms with van der Waals surface area (Å²) in [6.45, 7) is 0. The summed E-state index contributed by atoms with van der Waals surface area (Å²) >= 11 is 0. The van der Waals surface area contributed by atoms with Crippen LogP contribution in [0, 0.1) is 5.82 Å². The molecule has 6 nitrogen and oxygen atoms in total. The van der Waals surface area contributed by atoms with Gasteiger partial charge < -0.3 is 14.6 Å². The number of methoxy groups -OCH3 is 1. The Labute approximate surface area is 191 Å². The minimum Gasteiger partial charge on any atom is -0.465 e. The smallest absolute Gasteiger partial charge is 0.415 e. The first kappa shape index (κ1) is 22.5. The molecule has 3 atom stereocenters. The predicted octanol–water partition coefficient (Wildman–Crippen LogP) is 4.67. The minimum atomic E-state index is -0.940. The Morgan fingerprint density at radius 3 is 2.36 bits per heavy atom. The van der Waals surface area contributed by atoms with E-state index in [0.29, 0.717) is 29.7 Å². The first-order valence-electron chi connectivity index (χ1n) is 10.6. The number of aliphatic hydroxyl groups is 1. The zero-order chi connectivity index (χ0) is 23.4. The molecule has 33 heavy (non-hydrogen) atoms. The summed E-state index contributed by atoms with van der Waals surface area (Å²) in [5, 5.41) is 11.0. The van der Waals surface area contributed by atoms with Gasteiger partial charge in [0.1, 0.15) is 11.9 Å². The maximum Gasteiger partial charge on any atom is 0.415 e. The van der Waals surface area contributed by atoms with Gasteiger partial charge in [-0.1, -0.05) is 42.5 Å². The highest BCUT2D eigenvalue weighted by Gasteiger charge is 2.46. The maximum atomic E-state index is 13.5. The number of nitrogens with zero attached hydrogens (tertiary/aromatic N) is 1. The van der Waals surface area contributed by atoms with Gasteiger partial charge in [0.05, 0.1) is 18.8 Å². The van der Waals surface area contributed by atoms with Crippen molar-refractivity contribution in [1.29, 1.82) is 0 Å². The minimum absolute atomic E-state index is 0.362. The zero-order valence-electron chi connectivity index (χ0n) is 18.1. The number of esters is 1. The monoisotopic (exact) mass is 449 g/mol. The second-order valence-corrected chi connectivity index (χ2v) is 7.84. The van der Waals surface area contributed by atoms with E-state index in [9.17, 15) is 19.1 Å². The summed E-state index contributed by atoms with van der Waals surface area (Å²) in [5.41, 5.74) is 2.54. The lowest BCUT2D eigenvalue weighted by Gasteiger charge is -2.27. The van der Waals surface area contributed by atoms with E-state index in [1.165, 1.54) is 36.3 Å². The van der Waals surface area contributed by atoms with Crippen LogP contribution in [0.1, 0.15) is 33.9 Å². The molecule has 170 valence electrons. The lowest BCUT2D eigenvalue weighted by atomic mass is 9.93. The highest BCUT2D eigenvalue weighted by atomic mass is 19.1. The number of hydrogen-bond acceptors (Lipinski definition) is 5. The topological polar surface area (TPSA) is 76.1 Å². The lowest BCUT2D eigenvalue weighted by Crippen LogP contribution is -2.35. The molecule has 3 aromatic rings. The average Bonchev–Trinajstić information content (AvgIpc) is 3.20. The molecule has 4 rings (SSSR count). The Morgan fingerprint density at radius 2 is 1.73 bits per heavy atom. The Bertz CT molecular complexity index is 1100. The molecular weight excluding hydrogens is 425 g/mol. The van der Waals surface area contributed by atoms with Gasteiger partial charge >= 0.3 is 12.1 Å². The van der Waals surface area contributed by atoms with Gasteiger partial charge in [0.15, 0.2) is 6.10 Å². The Kier molecular flexibility index (Phi) is 6.70. The van der Waals surface area contributed by atoms with Crippen molar-refractivity contribution in [1.82, 2.24) is 0 Å². The Hall–Kier alpha value is -3.71. The molecule has 0 saturated carbocycles. The van der Waals surface area contributed by atoms with Crippen LogP contribution in [0.25, 0.3) is 0 Å². The summed E-state index contributed by atoms with van der Waals surface area (Å²) in [5.74, 6) is -0.903. The molecule has 0 unspecified atom stereocenters. The number of aryl methyl sites for hydroxylation is 1. The standard InChI is InChI=1S/C26H24FNO5/c1-32-25(30)19-10-8-18(9-11-19)23-24(22(29)16-7-17-5-3-2-4-6-17)33-26(31)28(23)21-14-12-20(27)13-15-21/h2-6,8-15,22-24,29H,7,16H2,1H3/t22-,23+,24+/m0/s1. The fraction of sp³-hybridized carbons (Fsp3) is 0.231. The van der Waals surface area contributed by atoms with Crippen LogP contribution < -0.4 is 4.90 Å². The van der Waals surface area contributed by atoms with Crippen molar-refractivity contribution < 1.29 is 28.6 Å². The van der Waals surface area contributed by atoms with E-state index in [1.807, 2.05) is 30.3 Å². The second-order valence-electron chi connectivity index (χ2n) is 7.84. The van der Waals surface area contributed by atoms with Crippen molar-refractivity contribution in [2.24, 2.45) is 0 Å². The first-order chi connectivity index (χ1) is 16.0. The van der Waals surface area contributed by atoms with Crippen LogP contribution >= 0.6 is 0 Å². The highest BCUT2D eigenvalue weighted by Crippen LogP contribution is 2.39. The number of carbonyl (C=O) groups excluding carboxylic acids is 2. The molecule has 1 fully saturated rings. The third-order valence-corrected chi connectivity index (χ3v) is 5.75. The molecule has 0 spiro atoms. The quantitative estimate of drug-likeness (QED) is 0.531. The number of carbonyl (C=O) groups is 2. The molecular formula is C26H24FNO5. The number of aliphatic hydroxyl groups excluding tert-OH is 1. The van der Waals surface area contributed by atoms with Gasteiger partial charge in [-0.3, -0.25) is 4.90 Å². The first-order valence-corrected chi connectivity index (χ1v) is 10.6. The number of hydrogen-bond donors (Lipinski definition) is 1. The fourth-order valence-electron chi connectivity index (χ4n) is 4.05. The molecule has 0 aliphatic carbocycles. The van der Waals surface area contributed by atoms with E-state index < -0.39 is 36.1 Å². The van der Waals surface area contributed by atoms with Crippen molar-refractivity contribution in [3.05, 3.63) is 101 Å². The van der Waals surface area contributed by atoms with Gasteiger partial charge in [-0.25, -0.2) is 14.0 Å². The Morgan fingerprint density at radius 1 is 1.06 bits per heavy atom. The molecule has 7 heteroatoms. The van der Waals surface area contributed by atoms with Crippen molar-refractivity contribution >= 4 is 17.7 Å². The number of amides is 1. The number of rotatable bonds is 7. The summed E-state index contributed by atoms with van der Waals surface area (Å²) in [6, 6.07) is 21.2. The molecule has 3 aromatic carbocycles. The normalized spacial score (nSPS) is 18.6. The van der Waals surface area contributed by atoms with Crippen LogP contribution in [-0.2, 0) is 15.9 Å². The van der Waals surface area contributed by atoms with Crippen molar-refractivity contribution in [3.8, 4) is 0 Å². The number of ether oxygens (including phenoxy) is 2. The molecule has 0 radical (unpaired) electrons. The molecule has 1 amide bonds. The van der Waals surface area contributed by atoms with Crippen molar-refractivity contribution in [2.45, 2.75) is 31.1 Å². The summed E-state index contributed by atoms with van der Waals surface area (Å²) in [6.07, 6.45) is -1.43. The van der Waals surface area contributed by atoms with E-state index in [1.54, 1.807) is 24.3 Å². The third-order valence-electron chi connectivity index (χ3n) is 5.75. The van der Waals surface area contributed by atoms with E-state index in [2.05, 4.69) is 0 Å². The largest absolute Gasteiger partial charge is 0.465 e. The zero-order valence-corrected chi connectivity index (χ0v) is 18.1. The summed E-state index contributed by atoms with van der Waals surface area (Å²) < 4.78 is 23.9. The molecule has 1 heterocycles. The fourth-order valence-corrected chi connectivity index (χ4v) is 4.05. The number of cyclic esters (lactones) is 1. The van der Waals surface area contributed by atoms with Gasteiger partial charge in [-0.15, -0.1) is 0 Å². The van der Waals surface area contributed by atoms with Crippen LogP contribution in [0.15, 0.2) is 78.9 Å².